The minimum Gasteiger partial charge on any atom is -0.376 e. The predicted octanol–water partition coefficient (Wildman–Crippen LogP) is 1.84. The molecule has 3 rings (SSSR count). The van der Waals surface area contributed by atoms with E-state index < -0.39 is 0 Å². The Morgan fingerprint density at radius 2 is 2.00 bits per heavy atom. The minimum absolute atomic E-state index is 0.144. The minimum atomic E-state index is -0.294. The lowest BCUT2D eigenvalue weighted by Crippen LogP contribution is -2.29. The van der Waals surface area contributed by atoms with Crippen molar-refractivity contribution in [2.75, 3.05) is 11.9 Å². The van der Waals surface area contributed by atoms with Gasteiger partial charge in [0, 0.05) is 12.2 Å². The van der Waals surface area contributed by atoms with E-state index in [-0.39, 0.29) is 18.3 Å². The molecule has 8 heteroatoms. The number of amides is 1. The van der Waals surface area contributed by atoms with Gasteiger partial charge in [-0.15, -0.1) is 5.10 Å². The molecule has 2 aromatic carbocycles. The zero-order valence-electron chi connectivity index (χ0n) is 13.6. The summed E-state index contributed by atoms with van der Waals surface area (Å²) in [5, 5.41) is 16.9. The maximum atomic E-state index is 12.8. The Morgan fingerprint density at radius 1 is 1.20 bits per heavy atom. The van der Waals surface area contributed by atoms with Gasteiger partial charge in [-0.1, -0.05) is 12.1 Å². The highest BCUT2D eigenvalue weighted by molar-refractivity contribution is 5.80. The van der Waals surface area contributed by atoms with Gasteiger partial charge in [0.1, 0.15) is 12.1 Å². The first kappa shape index (κ1) is 16.6. The van der Waals surface area contributed by atoms with Crippen LogP contribution in [-0.2, 0) is 11.3 Å². The summed E-state index contributed by atoms with van der Waals surface area (Å²) in [4.78, 5) is 11.9. The van der Waals surface area contributed by atoms with Crippen molar-refractivity contribution in [2.45, 2.75) is 13.5 Å². The van der Waals surface area contributed by atoms with Crippen molar-refractivity contribution in [3.63, 3.8) is 0 Å². The third-order valence-electron chi connectivity index (χ3n) is 3.65. The van der Waals surface area contributed by atoms with Crippen molar-refractivity contribution >= 4 is 11.6 Å². The van der Waals surface area contributed by atoms with E-state index in [1.165, 1.54) is 18.5 Å². The molecule has 0 radical (unpaired) electrons. The molecule has 0 saturated heterocycles. The van der Waals surface area contributed by atoms with Crippen LogP contribution in [0.15, 0.2) is 48.8 Å². The summed E-state index contributed by atoms with van der Waals surface area (Å²) in [5.41, 5.74) is 3.52. The van der Waals surface area contributed by atoms with Crippen molar-refractivity contribution in [3.05, 3.63) is 65.7 Å². The number of aromatic nitrogens is 4. The number of tetrazole rings is 1. The van der Waals surface area contributed by atoms with Gasteiger partial charge in [-0.05, 0) is 58.8 Å². The third-order valence-corrected chi connectivity index (χ3v) is 3.65. The second-order valence-corrected chi connectivity index (χ2v) is 5.51. The standard InChI is InChI=1S/C17H17FN6O/c1-12-8-15(6-7-16(12)24-11-21-22-23-24)19-10-17(25)20-9-13-2-4-14(18)5-3-13/h2-8,11,19H,9-10H2,1H3,(H,20,25). The molecule has 0 spiro atoms. The molecule has 3 aromatic rings. The Labute approximate surface area is 143 Å². The van der Waals surface area contributed by atoms with Crippen LogP contribution in [-0.4, -0.2) is 32.7 Å². The van der Waals surface area contributed by atoms with Crippen LogP contribution in [0, 0.1) is 12.7 Å². The van der Waals surface area contributed by atoms with Crippen LogP contribution in [0.2, 0.25) is 0 Å². The predicted molar refractivity (Wildman–Crippen MR) is 90.6 cm³/mol. The third kappa shape index (κ3) is 4.37. The topological polar surface area (TPSA) is 84.7 Å². The fourth-order valence-electron chi connectivity index (χ4n) is 2.34. The molecule has 2 N–H and O–H groups in total. The number of halogens is 1. The number of nitrogens with zero attached hydrogens (tertiary/aromatic N) is 4. The Kier molecular flexibility index (Phi) is 4.98. The van der Waals surface area contributed by atoms with Gasteiger partial charge >= 0.3 is 0 Å². The van der Waals surface area contributed by atoms with Crippen molar-refractivity contribution in [3.8, 4) is 5.69 Å². The number of hydrogen-bond acceptors (Lipinski definition) is 5. The first-order valence-electron chi connectivity index (χ1n) is 7.71. The molecule has 25 heavy (non-hydrogen) atoms. The lowest BCUT2D eigenvalue weighted by molar-refractivity contribution is -0.119. The van der Waals surface area contributed by atoms with Gasteiger partial charge in [-0.3, -0.25) is 4.79 Å². The van der Waals surface area contributed by atoms with Crippen LogP contribution in [0.25, 0.3) is 5.69 Å². The molecule has 0 fully saturated rings. The second kappa shape index (κ2) is 7.52. The molecule has 0 aliphatic heterocycles. The highest BCUT2D eigenvalue weighted by atomic mass is 19.1. The van der Waals surface area contributed by atoms with E-state index in [1.54, 1.807) is 16.8 Å². The van der Waals surface area contributed by atoms with E-state index in [2.05, 4.69) is 26.2 Å². The van der Waals surface area contributed by atoms with Gasteiger partial charge in [-0.25, -0.2) is 9.07 Å². The molecule has 7 nitrogen and oxygen atoms in total. The maximum Gasteiger partial charge on any atom is 0.239 e. The molecule has 0 saturated carbocycles. The highest BCUT2D eigenvalue weighted by Crippen LogP contribution is 2.17. The first-order valence-corrected chi connectivity index (χ1v) is 7.71. The summed E-state index contributed by atoms with van der Waals surface area (Å²) >= 11 is 0. The number of anilines is 1. The van der Waals surface area contributed by atoms with Crippen LogP contribution in [0.4, 0.5) is 10.1 Å². The molecule has 0 atom stereocenters. The van der Waals surface area contributed by atoms with Crippen LogP contribution in [0.5, 0.6) is 0 Å². The summed E-state index contributed by atoms with van der Waals surface area (Å²) in [7, 11) is 0. The summed E-state index contributed by atoms with van der Waals surface area (Å²) in [6, 6.07) is 11.7. The Bertz CT molecular complexity index is 848. The quantitative estimate of drug-likeness (QED) is 0.715. The van der Waals surface area contributed by atoms with Gasteiger partial charge in [0.25, 0.3) is 0 Å². The summed E-state index contributed by atoms with van der Waals surface area (Å²) in [6.07, 6.45) is 1.53. The van der Waals surface area contributed by atoms with E-state index in [0.717, 1.165) is 22.5 Å². The average Bonchev–Trinajstić information content (AvgIpc) is 3.14. The summed E-state index contributed by atoms with van der Waals surface area (Å²) < 4.78 is 14.4. The summed E-state index contributed by atoms with van der Waals surface area (Å²) in [5.74, 6) is -0.441. The smallest absolute Gasteiger partial charge is 0.239 e. The lowest BCUT2D eigenvalue weighted by atomic mass is 10.2. The monoisotopic (exact) mass is 340 g/mol. The number of carbonyl (C=O) groups excluding carboxylic acids is 1. The molecule has 0 bridgehead atoms. The van der Waals surface area contributed by atoms with Gasteiger partial charge in [-0.2, -0.15) is 0 Å². The highest BCUT2D eigenvalue weighted by Gasteiger charge is 2.05. The maximum absolute atomic E-state index is 12.8. The van der Waals surface area contributed by atoms with Crippen molar-refractivity contribution in [1.29, 1.82) is 0 Å². The van der Waals surface area contributed by atoms with E-state index in [1.807, 2.05) is 25.1 Å². The molecule has 0 aliphatic rings. The molecular weight excluding hydrogens is 323 g/mol. The number of carbonyl (C=O) groups is 1. The van der Waals surface area contributed by atoms with Gasteiger partial charge in [0.05, 0.1) is 12.2 Å². The zero-order chi connectivity index (χ0) is 17.6. The molecule has 0 unspecified atom stereocenters. The SMILES string of the molecule is Cc1cc(NCC(=O)NCc2ccc(F)cc2)ccc1-n1cnnn1. The van der Waals surface area contributed by atoms with Crippen LogP contribution < -0.4 is 10.6 Å². The molecule has 0 aliphatic carbocycles. The van der Waals surface area contributed by atoms with Gasteiger partial charge in [0.2, 0.25) is 5.91 Å². The number of benzene rings is 2. The van der Waals surface area contributed by atoms with Crippen LogP contribution in [0.3, 0.4) is 0 Å². The number of hydrogen-bond donors (Lipinski definition) is 2. The average molecular weight is 340 g/mol. The van der Waals surface area contributed by atoms with Crippen LogP contribution >= 0.6 is 0 Å². The zero-order valence-corrected chi connectivity index (χ0v) is 13.6. The number of aryl methyl sites for hydroxylation is 1. The fourth-order valence-corrected chi connectivity index (χ4v) is 2.34. The normalized spacial score (nSPS) is 10.5. The van der Waals surface area contributed by atoms with Gasteiger partial charge in [0.15, 0.2) is 0 Å². The molecule has 1 heterocycles. The Hall–Kier alpha value is -3.29. The number of rotatable bonds is 6. The Balaban J connectivity index is 1.52. The lowest BCUT2D eigenvalue weighted by Gasteiger charge is -2.10. The van der Waals surface area contributed by atoms with Crippen molar-refractivity contribution in [2.24, 2.45) is 0 Å². The van der Waals surface area contributed by atoms with Crippen LogP contribution in [0.1, 0.15) is 11.1 Å². The second-order valence-electron chi connectivity index (χ2n) is 5.51. The molecule has 128 valence electrons. The molecule has 1 amide bonds. The molecular formula is C17H17FN6O. The van der Waals surface area contributed by atoms with Crippen molar-refractivity contribution in [1.82, 2.24) is 25.5 Å². The largest absolute Gasteiger partial charge is 0.376 e. The van der Waals surface area contributed by atoms with Gasteiger partial charge < -0.3 is 10.6 Å². The summed E-state index contributed by atoms with van der Waals surface area (Å²) in [6.45, 7) is 2.44. The van der Waals surface area contributed by atoms with E-state index in [9.17, 15) is 9.18 Å². The molecule has 1 aromatic heterocycles. The Morgan fingerprint density at radius 3 is 2.68 bits per heavy atom. The fraction of sp³-hybridized carbons (Fsp3) is 0.176. The van der Waals surface area contributed by atoms with E-state index >= 15 is 0 Å². The van der Waals surface area contributed by atoms with E-state index in [4.69, 9.17) is 0 Å². The number of nitrogens with one attached hydrogen (secondary N) is 2. The van der Waals surface area contributed by atoms with Crippen molar-refractivity contribution < 1.29 is 9.18 Å². The van der Waals surface area contributed by atoms with E-state index in [0.29, 0.717) is 6.54 Å². The first-order chi connectivity index (χ1) is 12.1.